The first-order valence-corrected chi connectivity index (χ1v) is 10.2. The fourth-order valence-corrected chi connectivity index (χ4v) is 3.45. The van der Waals surface area contributed by atoms with Gasteiger partial charge in [0.05, 0.1) is 15.6 Å². The molecule has 4 rings (SSSR count). The van der Waals surface area contributed by atoms with Crippen LogP contribution < -0.4 is 10.2 Å². The van der Waals surface area contributed by atoms with Gasteiger partial charge in [-0.2, -0.15) is 5.10 Å². The summed E-state index contributed by atoms with van der Waals surface area (Å²) in [5, 5.41) is 17.1. The van der Waals surface area contributed by atoms with Crippen LogP contribution in [-0.2, 0) is 6.61 Å². The Balaban J connectivity index is 1.36. The fraction of sp³-hybridized carbons (Fsp3) is 0.0435. The Kier molecular flexibility index (Phi) is 6.18. The molecule has 0 aliphatic rings. The molecule has 0 saturated carbocycles. The smallest absolute Gasteiger partial charge is 0.287 e. The monoisotopic (exact) mass is 476 g/mol. The summed E-state index contributed by atoms with van der Waals surface area (Å²) < 4.78 is 6.77. The van der Waals surface area contributed by atoms with Gasteiger partial charge in [0, 0.05) is 6.07 Å². The van der Waals surface area contributed by atoms with Gasteiger partial charge in [-0.25, -0.2) is 4.98 Å². The van der Waals surface area contributed by atoms with Crippen LogP contribution in [-0.4, -0.2) is 16.1 Å². The summed E-state index contributed by atoms with van der Waals surface area (Å²) in [5.41, 5.74) is 4.61. The summed E-state index contributed by atoms with van der Waals surface area (Å²) in [7, 11) is 0. The molecule has 1 heterocycles. The predicted molar refractivity (Wildman–Crippen MR) is 125 cm³/mol. The van der Waals surface area contributed by atoms with E-state index in [1.54, 1.807) is 6.21 Å². The standard InChI is InChI=1S/C23H17BrN4O3/c24-21-12-16(13-26-27-23-10-8-20(14-25-23)28(29)30)6-9-22(21)31-15-17-5-7-18-3-1-2-4-19(18)11-17/h1-14H,15H2,(H,25,27)/b26-13+. The van der Waals surface area contributed by atoms with Crippen LogP contribution in [0.15, 0.2) is 88.6 Å². The third kappa shape index (κ3) is 5.23. The first kappa shape index (κ1) is 20.5. The van der Waals surface area contributed by atoms with Crippen molar-refractivity contribution < 1.29 is 9.66 Å². The summed E-state index contributed by atoms with van der Waals surface area (Å²) in [6.07, 6.45) is 2.80. The van der Waals surface area contributed by atoms with Gasteiger partial charge < -0.3 is 4.74 Å². The molecule has 0 bridgehead atoms. The second kappa shape index (κ2) is 9.36. The minimum Gasteiger partial charge on any atom is -0.488 e. The summed E-state index contributed by atoms with van der Waals surface area (Å²) >= 11 is 3.54. The van der Waals surface area contributed by atoms with E-state index in [4.69, 9.17) is 4.74 Å². The van der Waals surface area contributed by atoms with E-state index >= 15 is 0 Å². The summed E-state index contributed by atoms with van der Waals surface area (Å²) in [5.74, 6) is 1.14. The zero-order valence-electron chi connectivity index (χ0n) is 16.2. The molecule has 8 heteroatoms. The Morgan fingerprint density at radius 1 is 1.06 bits per heavy atom. The second-order valence-electron chi connectivity index (χ2n) is 6.69. The third-order valence-electron chi connectivity index (χ3n) is 4.52. The molecule has 0 fully saturated rings. The molecule has 0 radical (unpaired) electrons. The number of ether oxygens (including phenoxy) is 1. The number of hydrazone groups is 1. The minimum absolute atomic E-state index is 0.0715. The molecule has 0 amide bonds. The number of halogens is 1. The molecule has 1 N–H and O–H groups in total. The molecule has 0 aliphatic carbocycles. The van der Waals surface area contributed by atoms with Gasteiger partial charge in [0.2, 0.25) is 0 Å². The number of nitrogens with zero attached hydrogens (tertiary/aromatic N) is 3. The van der Waals surface area contributed by atoms with E-state index < -0.39 is 4.92 Å². The number of pyridine rings is 1. The molecule has 1 aromatic heterocycles. The van der Waals surface area contributed by atoms with Gasteiger partial charge in [-0.15, -0.1) is 0 Å². The molecule has 0 atom stereocenters. The SMILES string of the molecule is O=[N+]([O-])c1ccc(N/N=C/c2ccc(OCc3ccc4ccccc4c3)c(Br)c2)nc1. The van der Waals surface area contributed by atoms with Gasteiger partial charge in [0.15, 0.2) is 0 Å². The number of fused-ring (bicyclic) bond motifs is 1. The quantitative estimate of drug-likeness (QED) is 0.202. The molecule has 154 valence electrons. The molecule has 4 aromatic rings. The number of anilines is 1. The highest BCUT2D eigenvalue weighted by Crippen LogP contribution is 2.27. The van der Waals surface area contributed by atoms with Crippen LogP contribution in [0, 0.1) is 10.1 Å². The third-order valence-corrected chi connectivity index (χ3v) is 5.14. The Bertz CT molecular complexity index is 1260. The van der Waals surface area contributed by atoms with Crippen LogP contribution in [0.4, 0.5) is 11.5 Å². The van der Waals surface area contributed by atoms with E-state index in [0.29, 0.717) is 12.4 Å². The fourth-order valence-electron chi connectivity index (χ4n) is 2.94. The Morgan fingerprint density at radius 3 is 2.65 bits per heavy atom. The van der Waals surface area contributed by atoms with Gasteiger partial charge in [-0.3, -0.25) is 15.5 Å². The minimum atomic E-state index is -0.499. The van der Waals surface area contributed by atoms with E-state index in [0.717, 1.165) is 21.3 Å². The van der Waals surface area contributed by atoms with E-state index in [1.807, 2.05) is 30.3 Å². The van der Waals surface area contributed by atoms with Crippen LogP contribution in [0.2, 0.25) is 0 Å². The van der Waals surface area contributed by atoms with Crippen molar-refractivity contribution in [3.63, 3.8) is 0 Å². The molecule has 0 spiro atoms. The maximum atomic E-state index is 10.7. The van der Waals surface area contributed by atoms with Crippen molar-refractivity contribution in [1.29, 1.82) is 0 Å². The maximum absolute atomic E-state index is 10.7. The van der Waals surface area contributed by atoms with Crippen molar-refractivity contribution in [2.75, 3.05) is 5.43 Å². The molecule has 31 heavy (non-hydrogen) atoms. The van der Waals surface area contributed by atoms with Crippen molar-refractivity contribution in [3.05, 3.63) is 105 Å². The van der Waals surface area contributed by atoms with Crippen molar-refractivity contribution in [3.8, 4) is 5.75 Å². The topological polar surface area (TPSA) is 89.7 Å². The zero-order valence-corrected chi connectivity index (χ0v) is 17.8. The number of rotatable bonds is 7. The predicted octanol–water partition coefficient (Wildman–Crippen LogP) is 5.93. The molecule has 0 unspecified atom stereocenters. The average molecular weight is 477 g/mol. The van der Waals surface area contributed by atoms with Crippen molar-refractivity contribution >= 4 is 44.4 Å². The van der Waals surface area contributed by atoms with E-state index in [9.17, 15) is 10.1 Å². The van der Waals surface area contributed by atoms with Gasteiger partial charge in [0.1, 0.15) is 24.4 Å². The first-order chi connectivity index (χ1) is 15.1. The average Bonchev–Trinajstić information content (AvgIpc) is 2.79. The number of aromatic nitrogens is 1. The van der Waals surface area contributed by atoms with Crippen LogP contribution in [0.1, 0.15) is 11.1 Å². The number of nitrogens with one attached hydrogen (secondary N) is 1. The lowest BCUT2D eigenvalue weighted by molar-refractivity contribution is -0.385. The summed E-state index contributed by atoms with van der Waals surface area (Å²) in [6.45, 7) is 0.463. The number of benzene rings is 3. The van der Waals surface area contributed by atoms with Crippen LogP contribution in [0.5, 0.6) is 5.75 Å². The zero-order chi connectivity index (χ0) is 21.6. The van der Waals surface area contributed by atoms with E-state index in [2.05, 4.69) is 61.8 Å². The summed E-state index contributed by atoms with van der Waals surface area (Å²) in [6, 6.07) is 23.0. The van der Waals surface area contributed by atoms with Crippen molar-refractivity contribution in [2.24, 2.45) is 5.10 Å². The Hall–Kier alpha value is -3.78. The highest BCUT2D eigenvalue weighted by molar-refractivity contribution is 9.10. The molecule has 7 nitrogen and oxygen atoms in total. The lowest BCUT2D eigenvalue weighted by atomic mass is 10.1. The van der Waals surface area contributed by atoms with Crippen LogP contribution in [0.25, 0.3) is 10.8 Å². The second-order valence-corrected chi connectivity index (χ2v) is 7.54. The highest BCUT2D eigenvalue weighted by Gasteiger charge is 2.05. The van der Waals surface area contributed by atoms with Gasteiger partial charge >= 0.3 is 0 Å². The van der Waals surface area contributed by atoms with Gasteiger partial charge in [-0.1, -0.05) is 36.4 Å². The number of nitro groups is 1. The van der Waals surface area contributed by atoms with Crippen LogP contribution >= 0.6 is 15.9 Å². The largest absolute Gasteiger partial charge is 0.488 e. The lowest BCUT2D eigenvalue weighted by Gasteiger charge is -2.10. The molecule has 0 saturated heterocycles. The molecular formula is C23H17BrN4O3. The Morgan fingerprint density at radius 2 is 1.90 bits per heavy atom. The molecule has 3 aromatic carbocycles. The lowest BCUT2D eigenvalue weighted by Crippen LogP contribution is -1.97. The highest BCUT2D eigenvalue weighted by atomic mass is 79.9. The molecular weight excluding hydrogens is 460 g/mol. The molecule has 0 aliphatic heterocycles. The first-order valence-electron chi connectivity index (χ1n) is 9.38. The van der Waals surface area contributed by atoms with Gasteiger partial charge in [0.25, 0.3) is 5.69 Å². The normalized spacial score (nSPS) is 11.0. The summed E-state index contributed by atoms with van der Waals surface area (Å²) in [4.78, 5) is 14.1. The van der Waals surface area contributed by atoms with Crippen molar-refractivity contribution in [2.45, 2.75) is 6.61 Å². The number of hydrogen-bond acceptors (Lipinski definition) is 6. The van der Waals surface area contributed by atoms with Crippen molar-refractivity contribution in [1.82, 2.24) is 4.98 Å². The van der Waals surface area contributed by atoms with E-state index in [1.165, 1.54) is 29.1 Å². The van der Waals surface area contributed by atoms with Gasteiger partial charge in [-0.05, 0) is 68.2 Å². The Labute approximate surface area is 186 Å². The number of hydrogen-bond donors (Lipinski definition) is 1. The van der Waals surface area contributed by atoms with E-state index in [-0.39, 0.29) is 5.69 Å². The maximum Gasteiger partial charge on any atom is 0.287 e. The van der Waals surface area contributed by atoms with Crippen LogP contribution in [0.3, 0.4) is 0 Å².